The molecule has 2 amide bonds. The number of para-hydroxylation sites is 1. The average Bonchev–Trinajstić information content (AvgIpc) is 2.91. The Balaban J connectivity index is 1.98. The molecule has 37 heavy (non-hydrogen) atoms. The first-order valence-corrected chi connectivity index (χ1v) is 13.1. The minimum Gasteiger partial charge on any atom is -0.497 e. The Morgan fingerprint density at radius 1 is 0.946 bits per heavy atom. The van der Waals surface area contributed by atoms with E-state index in [1.165, 1.54) is 38.5 Å². The molecule has 0 aliphatic heterocycles. The van der Waals surface area contributed by atoms with Crippen molar-refractivity contribution in [3.63, 3.8) is 0 Å². The van der Waals surface area contributed by atoms with E-state index in [2.05, 4.69) is 10.6 Å². The quantitative estimate of drug-likeness (QED) is 0.390. The van der Waals surface area contributed by atoms with E-state index in [0.29, 0.717) is 5.75 Å². The van der Waals surface area contributed by atoms with Crippen molar-refractivity contribution in [3.8, 4) is 11.5 Å². The summed E-state index contributed by atoms with van der Waals surface area (Å²) in [6, 6.07) is 18.9. The molecule has 3 aromatic carbocycles. The number of carbonyl (C=O) groups is 2. The SMILES string of the molecule is CC[C@@H](C)NC(=O)c1ccccc1NC(=O)CN(c1ccc(OC)cc1OC)S(=O)(=O)c1ccccc1. The van der Waals surface area contributed by atoms with Gasteiger partial charge in [0.15, 0.2) is 0 Å². The number of anilines is 2. The van der Waals surface area contributed by atoms with Crippen LogP contribution in [0, 0.1) is 0 Å². The van der Waals surface area contributed by atoms with Gasteiger partial charge in [-0.3, -0.25) is 13.9 Å². The molecule has 0 aromatic heterocycles. The first kappa shape index (κ1) is 27.5. The number of sulfonamides is 1. The lowest BCUT2D eigenvalue weighted by atomic mass is 10.1. The number of carbonyl (C=O) groups excluding carboxylic acids is 2. The number of amides is 2. The van der Waals surface area contributed by atoms with Crippen LogP contribution >= 0.6 is 0 Å². The molecule has 3 rings (SSSR count). The van der Waals surface area contributed by atoms with E-state index in [-0.39, 0.29) is 39.5 Å². The van der Waals surface area contributed by atoms with Gasteiger partial charge in [-0.1, -0.05) is 37.3 Å². The molecule has 3 aromatic rings. The fourth-order valence-electron chi connectivity index (χ4n) is 3.52. The highest BCUT2D eigenvalue weighted by molar-refractivity contribution is 7.92. The number of nitrogens with one attached hydrogen (secondary N) is 2. The van der Waals surface area contributed by atoms with Gasteiger partial charge in [0, 0.05) is 12.1 Å². The summed E-state index contributed by atoms with van der Waals surface area (Å²) in [5.41, 5.74) is 0.702. The Bertz CT molecular complexity index is 1350. The zero-order chi connectivity index (χ0) is 27.0. The molecule has 196 valence electrons. The summed E-state index contributed by atoms with van der Waals surface area (Å²) in [5, 5.41) is 5.57. The molecule has 0 unspecified atom stereocenters. The molecular formula is C27H31N3O6S. The number of rotatable bonds is 11. The van der Waals surface area contributed by atoms with Crippen LogP contribution in [0.3, 0.4) is 0 Å². The van der Waals surface area contributed by atoms with E-state index < -0.39 is 22.5 Å². The van der Waals surface area contributed by atoms with Gasteiger partial charge < -0.3 is 20.1 Å². The van der Waals surface area contributed by atoms with Gasteiger partial charge in [0.25, 0.3) is 15.9 Å². The van der Waals surface area contributed by atoms with Crippen LogP contribution in [0.25, 0.3) is 0 Å². The largest absolute Gasteiger partial charge is 0.497 e. The Morgan fingerprint density at radius 3 is 2.27 bits per heavy atom. The van der Waals surface area contributed by atoms with Gasteiger partial charge in [-0.15, -0.1) is 0 Å². The third kappa shape index (κ3) is 6.59. The summed E-state index contributed by atoms with van der Waals surface area (Å²) >= 11 is 0. The third-order valence-electron chi connectivity index (χ3n) is 5.71. The first-order valence-electron chi connectivity index (χ1n) is 11.7. The molecule has 0 fully saturated rings. The molecule has 9 nitrogen and oxygen atoms in total. The van der Waals surface area contributed by atoms with Crippen LogP contribution in [-0.4, -0.2) is 47.0 Å². The summed E-state index contributed by atoms with van der Waals surface area (Å²) in [6.07, 6.45) is 0.746. The van der Waals surface area contributed by atoms with E-state index in [4.69, 9.17) is 9.47 Å². The van der Waals surface area contributed by atoms with Crippen LogP contribution in [0.15, 0.2) is 77.7 Å². The highest BCUT2D eigenvalue weighted by Gasteiger charge is 2.30. The van der Waals surface area contributed by atoms with Gasteiger partial charge in [0.1, 0.15) is 18.0 Å². The van der Waals surface area contributed by atoms with Crippen molar-refractivity contribution in [1.82, 2.24) is 5.32 Å². The summed E-state index contributed by atoms with van der Waals surface area (Å²) in [4.78, 5) is 26.0. The summed E-state index contributed by atoms with van der Waals surface area (Å²) < 4.78 is 39.0. The van der Waals surface area contributed by atoms with Crippen molar-refractivity contribution < 1.29 is 27.5 Å². The van der Waals surface area contributed by atoms with E-state index >= 15 is 0 Å². The number of methoxy groups -OCH3 is 2. The Hall–Kier alpha value is -4.05. The number of hydrogen-bond donors (Lipinski definition) is 2. The summed E-state index contributed by atoms with van der Waals surface area (Å²) in [5.74, 6) is -0.305. The summed E-state index contributed by atoms with van der Waals surface area (Å²) in [7, 11) is -1.28. The van der Waals surface area contributed by atoms with Crippen LogP contribution in [-0.2, 0) is 14.8 Å². The molecule has 0 saturated heterocycles. The van der Waals surface area contributed by atoms with Crippen molar-refractivity contribution in [3.05, 3.63) is 78.4 Å². The molecule has 1 atom stereocenters. The molecule has 0 saturated carbocycles. The average molecular weight is 526 g/mol. The van der Waals surface area contributed by atoms with Crippen molar-refractivity contribution in [1.29, 1.82) is 0 Å². The van der Waals surface area contributed by atoms with Crippen LogP contribution < -0.4 is 24.4 Å². The number of nitrogens with zero attached hydrogens (tertiary/aromatic N) is 1. The summed E-state index contributed by atoms with van der Waals surface area (Å²) in [6.45, 7) is 3.27. The molecule has 0 spiro atoms. The van der Waals surface area contributed by atoms with Crippen LogP contribution in [0.4, 0.5) is 11.4 Å². The zero-order valence-corrected chi connectivity index (χ0v) is 22.0. The highest BCUT2D eigenvalue weighted by Crippen LogP contribution is 2.35. The molecule has 0 radical (unpaired) electrons. The normalized spacial score (nSPS) is 11.8. The third-order valence-corrected chi connectivity index (χ3v) is 7.48. The molecule has 2 N–H and O–H groups in total. The Morgan fingerprint density at radius 2 is 1.62 bits per heavy atom. The fraction of sp³-hybridized carbons (Fsp3) is 0.259. The van der Waals surface area contributed by atoms with E-state index in [0.717, 1.165) is 10.7 Å². The minimum atomic E-state index is -4.17. The van der Waals surface area contributed by atoms with Crippen LogP contribution in [0.1, 0.15) is 30.6 Å². The second-order valence-corrected chi connectivity index (χ2v) is 10.1. The molecule has 0 bridgehead atoms. The lowest BCUT2D eigenvalue weighted by molar-refractivity contribution is -0.114. The molecule has 0 heterocycles. The lowest BCUT2D eigenvalue weighted by Gasteiger charge is -2.26. The maximum Gasteiger partial charge on any atom is 0.264 e. The molecule has 10 heteroatoms. The smallest absolute Gasteiger partial charge is 0.264 e. The van der Waals surface area contributed by atoms with Gasteiger partial charge in [-0.25, -0.2) is 8.42 Å². The number of benzene rings is 3. The Labute approximate surface area is 217 Å². The maximum atomic E-state index is 13.7. The Kier molecular flexibility index (Phi) is 9.13. The van der Waals surface area contributed by atoms with Gasteiger partial charge >= 0.3 is 0 Å². The minimum absolute atomic E-state index is 0.00834. The first-order chi connectivity index (χ1) is 17.7. The van der Waals surface area contributed by atoms with E-state index in [1.807, 2.05) is 13.8 Å². The molecule has 0 aliphatic carbocycles. The number of hydrogen-bond acceptors (Lipinski definition) is 6. The van der Waals surface area contributed by atoms with Crippen molar-refractivity contribution >= 4 is 33.2 Å². The van der Waals surface area contributed by atoms with E-state index in [9.17, 15) is 18.0 Å². The second kappa shape index (κ2) is 12.3. The zero-order valence-electron chi connectivity index (χ0n) is 21.2. The van der Waals surface area contributed by atoms with Crippen molar-refractivity contribution in [2.24, 2.45) is 0 Å². The van der Waals surface area contributed by atoms with E-state index in [1.54, 1.807) is 48.5 Å². The molecular weight excluding hydrogens is 494 g/mol. The number of ether oxygens (including phenoxy) is 2. The topological polar surface area (TPSA) is 114 Å². The monoisotopic (exact) mass is 525 g/mol. The lowest BCUT2D eigenvalue weighted by Crippen LogP contribution is -2.39. The van der Waals surface area contributed by atoms with Crippen molar-refractivity contribution in [2.45, 2.75) is 31.2 Å². The van der Waals surface area contributed by atoms with Gasteiger partial charge in [-0.2, -0.15) is 0 Å². The predicted octanol–water partition coefficient (Wildman–Crippen LogP) is 4.07. The molecule has 0 aliphatic rings. The second-order valence-electron chi connectivity index (χ2n) is 8.24. The van der Waals surface area contributed by atoms with Crippen molar-refractivity contribution in [2.75, 3.05) is 30.4 Å². The highest BCUT2D eigenvalue weighted by atomic mass is 32.2. The fourth-order valence-corrected chi connectivity index (χ4v) is 4.98. The van der Waals surface area contributed by atoms with Crippen LogP contribution in [0.2, 0.25) is 0 Å². The van der Waals surface area contributed by atoms with Gasteiger partial charge in [-0.05, 0) is 49.7 Å². The van der Waals surface area contributed by atoms with Gasteiger partial charge in [0.2, 0.25) is 5.91 Å². The predicted molar refractivity (Wildman–Crippen MR) is 143 cm³/mol. The maximum absolute atomic E-state index is 13.7. The van der Waals surface area contributed by atoms with Crippen LogP contribution in [0.5, 0.6) is 11.5 Å². The van der Waals surface area contributed by atoms with Gasteiger partial charge in [0.05, 0.1) is 36.1 Å². The standard InChI is InChI=1S/C27H31N3O6S/c1-5-19(2)28-27(32)22-13-9-10-14-23(22)29-26(31)18-30(37(33,34)21-11-7-6-8-12-21)24-16-15-20(35-3)17-25(24)36-4/h6-17,19H,5,18H2,1-4H3,(H,28,32)(H,29,31)/t19-/m1/s1.